The van der Waals surface area contributed by atoms with Gasteiger partial charge in [0, 0.05) is 13.1 Å². The topological polar surface area (TPSA) is 76.1 Å². The van der Waals surface area contributed by atoms with Crippen molar-refractivity contribution < 1.29 is 37.0 Å². The van der Waals surface area contributed by atoms with Crippen LogP contribution in [-0.4, -0.2) is 62.9 Å². The van der Waals surface area contributed by atoms with Crippen molar-refractivity contribution in [1.82, 2.24) is 4.90 Å². The highest BCUT2D eigenvalue weighted by molar-refractivity contribution is 6.74. The van der Waals surface area contributed by atoms with Crippen LogP contribution < -0.4 is 0 Å². The Morgan fingerprint density at radius 1 is 1.20 bits per heavy atom. The van der Waals surface area contributed by atoms with Gasteiger partial charge in [0.25, 0.3) is 0 Å². The van der Waals surface area contributed by atoms with E-state index in [1.54, 1.807) is 0 Å². The Labute approximate surface area is 147 Å². The highest BCUT2D eigenvalue weighted by atomic mass is 28.4. The predicted octanol–water partition coefficient (Wildman–Crippen LogP) is 3.09. The number of carbonyl (C=O) groups is 2. The molecule has 1 aliphatic rings. The van der Waals surface area contributed by atoms with Crippen molar-refractivity contribution in [2.24, 2.45) is 5.92 Å². The van der Waals surface area contributed by atoms with Crippen molar-refractivity contribution in [3.05, 3.63) is 0 Å². The molecular formula is C15H28F3NO5Si. The largest absolute Gasteiger partial charge is 0.490 e. The van der Waals surface area contributed by atoms with E-state index in [9.17, 15) is 18.0 Å². The zero-order valence-corrected chi connectivity index (χ0v) is 16.6. The molecule has 0 aromatic rings. The molecule has 6 nitrogen and oxygen atoms in total. The van der Waals surface area contributed by atoms with Gasteiger partial charge in [0.05, 0.1) is 19.3 Å². The smallest absolute Gasteiger partial charge is 0.475 e. The van der Waals surface area contributed by atoms with Crippen LogP contribution in [0.5, 0.6) is 0 Å². The van der Waals surface area contributed by atoms with E-state index in [0.29, 0.717) is 13.3 Å². The molecule has 1 heterocycles. The van der Waals surface area contributed by atoms with Crippen molar-refractivity contribution in [3.8, 4) is 0 Å². The molecule has 10 heteroatoms. The van der Waals surface area contributed by atoms with E-state index in [1.165, 1.54) is 0 Å². The summed E-state index contributed by atoms with van der Waals surface area (Å²) in [6.07, 6.45) is -5.08. The first-order chi connectivity index (χ1) is 11.1. The molecule has 0 aromatic carbocycles. The van der Waals surface area contributed by atoms with Crippen LogP contribution in [0.2, 0.25) is 18.1 Å². The van der Waals surface area contributed by atoms with Gasteiger partial charge >= 0.3 is 18.1 Å². The summed E-state index contributed by atoms with van der Waals surface area (Å²) < 4.78 is 42.8. The number of aliphatic carboxylic acids is 1. The summed E-state index contributed by atoms with van der Waals surface area (Å²) in [4.78, 5) is 22.5. The first-order valence-corrected chi connectivity index (χ1v) is 10.9. The predicted molar refractivity (Wildman–Crippen MR) is 88.5 cm³/mol. The molecule has 0 saturated carbocycles. The monoisotopic (exact) mass is 387 g/mol. The third-order valence-corrected chi connectivity index (χ3v) is 8.70. The minimum absolute atomic E-state index is 0.0490. The maximum Gasteiger partial charge on any atom is 0.490 e. The van der Waals surface area contributed by atoms with E-state index in [2.05, 4.69) is 38.8 Å². The van der Waals surface area contributed by atoms with Gasteiger partial charge in [-0.1, -0.05) is 20.8 Å². The number of nitrogens with zero attached hydrogens (tertiary/aromatic N) is 1. The quantitative estimate of drug-likeness (QED) is 0.577. The standard InChI is InChI=1S/C13H27NO3Si.C2HF3O2/c1-7-16-12(15)11-8-14(9-11)10-17-18(5,6)13(2,3)4;3-2(4,5)1(6)7/h11H,7-10H2,1-6H3;(H,6,7). The first-order valence-electron chi connectivity index (χ1n) is 7.95. The van der Waals surface area contributed by atoms with E-state index in [4.69, 9.17) is 19.1 Å². The van der Waals surface area contributed by atoms with Gasteiger partial charge in [-0.2, -0.15) is 13.2 Å². The number of halogens is 3. The van der Waals surface area contributed by atoms with Crippen molar-refractivity contribution in [3.63, 3.8) is 0 Å². The Morgan fingerprint density at radius 2 is 1.64 bits per heavy atom. The Hall–Kier alpha value is -1.13. The Kier molecular flexibility index (Phi) is 8.59. The number of alkyl halides is 3. The van der Waals surface area contributed by atoms with Crippen LogP contribution in [0.3, 0.4) is 0 Å². The van der Waals surface area contributed by atoms with Gasteiger partial charge < -0.3 is 14.3 Å². The molecule has 0 unspecified atom stereocenters. The third kappa shape index (κ3) is 8.19. The number of ether oxygens (including phenoxy) is 1. The minimum atomic E-state index is -5.08. The van der Waals surface area contributed by atoms with Gasteiger partial charge in [0.15, 0.2) is 8.32 Å². The van der Waals surface area contributed by atoms with Gasteiger partial charge in [0.1, 0.15) is 0 Å². The van der Waals surface area contributed by atoms with Gasteiger partial charge in [0.2, 0.25) is 0 Å². The summed E-state index contributed by atoms with van der Waals surface area (Å²) in [5.74, 6) is -2.78. The second-order valence-electron chi connectivity index (χ2n) is 7.32. The van der Waals surface area contributed by atoms with E-state index in [-0.39, 0.29) is 16.9 Å². The second-order valence-corrected chi connectivity index (χ2v) is 12.1. The summed E-state index contributed by atoms with van der Waals surface area (Å²) in [5.41, 5.74) is 0. The van der Waals surface area contributed by atoms with Crippen LogP contribution in [0.4, 0.5) is 13.2 Å². The van der Waals surface area contributed by atoms with Crippen LogP contribution in [0.1, 0.15) is 27.7 Å². The summed E-state index contributed by atoms with van der Waals surface area (Å²) >= 11 is 0. The number of hydrogen-bond acceptors (Lipinski definition) is 5. The molecule has 0 atom stereocenters. The molecule has 1 rings (SSSR count). The number of carbonyl (C=O) groups excluding carboxylic acids is 1. The molecule has 0 spiro atoms. The van der Waals surface area contributed by atoms with E-state index >= 15 is 0 Å². The second kappa shape index (κ2) is 8.99. The molecule has 1 saturated heterocycles. The lowest BCUT2D eigenvalue weighted by atomic mass is 10.0. The number of likely N-dealkylation sites (tertiary alicyclic amines) is 1. The molecule has 0 aliphatic carbocycles. The van der Waals surface area contributed by atoms with Crippen molar-refractivity contribution in [2.45, 2.75) is 52.0 Å². The summed E-state index contributed by atoms with van der Waals surface area (Å²) in [6.45, 7) is 15.7. The van der Waals surface area contributed by atoms with Gasteiger partial charge in [-0.05, 0) is 25.1 Å². The average Bonchev–Trinajstić information content (AvgIpc) is 2.35. The average molecular weight is 387 g/mol. The van der Waals surface area contributed by atoms with Crippen LogP contribution in [0, 0.1) is 5.92 Å². The number of esters is 1. The zero-order valence-electron chi connectivity index (χ0n) is 15.6. The Bertz CT molecular complexity index is 457. The lowest BCUT2D eigenvalue weighted by Crippen LogP contribution is -2.54. The fourth-order valence-electron chi connectivity index (χ4n) is 1.55. The van der Waals surface area contributed by atoms with Crippen molar-refractivity contribution >= 4 is 20.3 Å². The van der Waals surface area contributed by atoms with Crippen LogP contribution in [0.25, 0.3) is 0 Å². The fourth-order valence-corrected chi connectivity index (χ4v) is 2.49. The van der Waals surface area contributed by atoms with Crippen molar-refractivity contribution in [2.75, 3.05) is 26.4 Å². The molecule has 0 radical (unpaired) electrons. The molecule has 25 heavy (non-hydrogen) atoms. The molecule has 1 fully saturated rings. The van der Waals surface area contributed by atoms with E-state index in [1.807, 2.05) is 6.92 Å². The van der Waals surface area contributed by atoms with Crippen LogP contribution >= 0.6 is 0 Å². The molecule has 0 amide bonds. The lowest BCUT2D eigenvalue weighted by molar-refractivity contribution is -0.192. The normalized spacial score (nSPS) is 16.5. The van der Waals surface area contributed by atoms with E-state index < -0.39 is 20.5 Å². The Balaban J connectivity index is 0.000000697. The van der Waals surface area contributed by atoms with Crippen molar-refractivity contribution in [1.29, 1.82) is 0 Å². The fraction of sp³-hybridized carbons (Fsp3) is 0.867. The van der Waals surface area contributed by atoms with Crippen LogP contribution in [-0.2, 0) is 18.8 Å². The van der Waals surface area contributed by atoms with E-state index in [0.717, 1.165) is 13.1 Å². The highest BCUT2D eigenvalue weighted by Crippen LogP contribution is 2.36. The summed E-state index contributed by atoms with van der Waals surface area (Å²) in [6, 6.07) is 0. The third-order valence-electron chi connectivity index (χ3n) is 4.23. The molecular weight excluding hydrogens is 359 g/mol. The zero-order chi connectivity index (χ0) is 20.1. The highest BCUT2D eigenvalue weighted by Gasteiger charge is 2.40. The SMILES string of the molecule is CCOC(=O)C1CN(CO[Si](C)(C)C(C)(C)C)C1.O=C(O)C(F)(F)F. The first kappa shape index (κ1) is 23.9. The maximum absolute atomic E-state index is 11.5. The molecule has 1 N–H and O–H groups in total. The van der Waals surface area contributed by atoms with Gasteiger partial charge in [-0.15, -0.1) is 0 Å². The van der Waals surface area contributed by atoms with Crippen LogP contribution in [0.15, 0.2) is 0 Å². The number of hydrogen-bond donors (Lipinski definition) is 1. The maximum atomic E-state index is 11.5. The number of carboxylic acid groups (broad SMARTS) is 1. The number of carboxylic acids is 1. The Morgan fingerprint density at radius 3 is 1.96 bits per heavy atom. The van der Waals surface area contributed by atoms with Gasteiger partial charge in [-0.3, -0.25) is 9.69 Å². The summed E-state index contributed by atoms with van der Waals surface area (Å²) in [5, 5.41) is 7.36. The molecule has 1 aliphatic heterocycles. The molecule has 0 aromatic heterocycles. The molecule has 0 bridgehead atoms. The van der Waals surface area contributed by atoms with Gasteiger partial charge in [-0.25, -0.2) is 4.79 Å². The molecule has 148 valence electrons. The summed E-state index contributed by atoms with van der Waals surface area (Å²) in [7, 11) is -1.67. The number of rotatable bonds is 5. The lowest BCUT2D eigenvalue weighted by Gasteiger charge is -2.42. The minimum Gasteiger partial charge on any atom is -0.475 e.